The molecule has 3 atom stereocenters. The van der Waals surface area contributed by atoms with Crippen molar-refractivity contribution < 1.29 is 23.9 Å². The van der Waals surface area contributed by atoms with Crippen LogP contribution in [0.5, 0.6) is 0 Å². The molecule has 0 unspecified atom stereocenters. The molecule has 3 aromatic carbocycles. The summed E-state index contributed by atoms with van der Waals surface area (Å²) in [5.74, 6) is -0.708. The Morgan fingerprint density at radius 2 is 1.73 bits per heavy atom. The Balaban J connectivity index is 1.22. The van der Waals surface area contributed by atoms with E-state index in [1.165, 1.54) is 4.90 Å². The number of carbonyl (C=O) groups is 4. The summed E-state index contributed by atoms with van der Waals surface area (Å²) < 4.78 is 5.47. The lowest BCUT2D eigenvalue weighted by Crippen LogP contribution is -2.66. The number of aromatic nitrogens is 1. The van der Waals surface area contributed by atoms with E-state index in [-0.39, 0.29) is 24.8 Å². The number of amides is 5. The Morgan fingerprint density at radius 1 is 1.00 bits per heavy atom. The standard InChI is InChI=1S/C34H37N5O5/c1-34(2,3)44-32(42)37-27(18-22-20-35-25-14-7-6-12-23(22)25)31(41)36-26-15-9-17-38-29(26)19-30(40)39(33(38)43)28-16-8-11-21-10-4-5-13-24(21)28/h4-8,10-14,16,20,26-27,29,35H,9,15,17-19H2,1-3H3,(H,36,41)(H,37,42)/t26-,27-,29+/m0/s1. The molecular weight excluding hydrogens is 558 g/mol. The van der Waals surface area contributed by atoms with Gasteiger partial charge in [0.15, 0.2) is 0 Å². The summed E-state index contributed by atoms with van der Waals surface area (Å²) in [6, 6.07) is 18.7. The van der Waals surface area contributed by atoms with Crippen LogP contribution < -0.4 is 15.5 Å². The molecule has 0 aliphatic carbocycles. The molecule has 3 N–H and O–H groups in total. The minimum atomic E-state index is -0.943. The average molecular weight is 596 g/mol. The number of anilines is 1. The van der Waals surface area contributed by atoms with Crippen molar-refractivity contribution in [2.45, 2.75) is 70.2 Å². The van der Waals surface area contributed by atoms with E-state index in [1.807, 2.05) is 66.9 Å². The van der Waals surface area contributed by atoms with E-state index in [2.05, 4.69) is 15.6 Å². The molecule has 10 heteroatoms. The highest BCUT2D eigenvalue weighted by Crippen LogP contribution is 2.34. The zero-order chi connectivity index (χ0) is 31.0. The van der Waals surface area contributed by atoms with E-state index < -0.39 is 35.7 Å². The van der Waals surface area contributed by atoms with E-state index in [4.69, 9.17) is 4.74 Å². The number of rotatable bonds is 6. The van der Waals surface area contributed by atoms with Gasteiger partial charge in [0.1, 0.15) is 11.6 Å². The van der Waals surface area contributed by atoms with Gasteiger partial charge in [-0.2, -0.15) is 0 Å². The van der Waals surface area contributed by atoms with Gasteiger partial charge in [-0.1, -0.05) is 54.6 Å². The van der Waals surface area contributed by atoms with E-state index in [1.54, 1.807) is 31.7 Å². The van der Waals surface area contributed by atoms with Gasteiger partial charge in [0, 0.05) is 41.5 Å². The SMILES string of the molecule is CC(C)(C)OC(=O)N[C@@H](Cc1c[nH]c2ccccc12)C(=O)N[C@H]1CCCN2C(=O)N(c3cccc4ccccc34)C(=O)C[C@H]12. The number of urea groups is 1. The van der Waals surface area contributed by atoms with Gasteiger partial charge in [-0.3, -0.25) is 9.59 Å². The van der Waals surface area contributed by atoms with Crippen LogP contribution in [0.15, 0.2) is 72.9 Å². The van der Waals surface area contributed by atoms with Gasteiger partial charge < -0.3 is 25.3 Å². The number of ether oxygens (including phenoxy) is 1. The second-order valence-corrected chi connectivity index (χ2v) is 12.5. The first-order valence-electron chi connectivity index (χ1n) is 15.1. The highest BCUT2D eigenvalue weighted by atomic mass is 16.6. The predicted molar refractivity (Wildman–Crippen MR) is 168 cm³/mol. The Labute approximate surface area is 255 Å². The molecule has 0 bridgehead atoms. The normalized spacial score (nSPS) is 19.5. The third kappa shape index (κ3) is 5.84. The highest BCUT2D eigenvalue weighted by Gasteiger charge is 2.45. The summed E-state index contributed by atoms with van der Waals surface area (Å²) in [5, 5.41) is 8.57. The molecule has 1 aromatic heterocycles. The van der Waals surface area contributed by atoms with Crippen LogP contribution >= 0.6 is 0 Å². The fraction of sp³-hybridized carbons (Fsp3) is 0.353. The summed E-state index contributed by atoms with van der Waals surface area (Å²) in [6.45, 7) is 5.77. The van der Waals surface area contributed by atoms with E-state index in [0.29, 0.717) is 25.1 Å². The molecule has 3 heterocycles. The van der Waals surface area contributed by atoms with Crippen LogP contribution in [0, 0.1) is 0 Å². The first kappa shape index (κ1) is 29.2. The maximum absolute atomic E-state index is 13.9. The lowest BCUT2D eigenvalue weighted by Gasteiger charge is -2.47. The lowest BCUT2D eigenvalue weighted by molar-refractivity contribution is -0.126. The van der Waals surface area contributed by atoms with Crippen molar-refractivity contribution in [1.29, 1.82) is 0 Å². The number of fused-ring (bicyclic) bond motifs is 3. The number of H-pyrrole nitrogens is 1. The number of hydrogen-bond acceptors (Lipinski definition) is 5. The number of alkyl carbamates (subject to hydrolysis) is 1. The topological polar surface area (TPSA) is 124 Å². The van der Waals surface area contributed by atoms with Crippen LogP contribution in [0.1, 0.15) is 45.6 Å². The zero-order valence-corrected chi connectivity index (χ0v) is 25.1. The van der Waals surface area contributed by atoms with Crippen molar-refractivity contribution in [3.05, 3.63) is 78.5 Å². The van der Waals surface area contributed by atoms with Crippen LogP contribution in [0.2, 0.25) is 0 Å². The summed E-state index contributed by atoms with van der Waals surface area (Å²) in [7, 11) is 0. The van der Waals surface area contributed by atoms with Crippen LogP contribution in [0.4, 0.5) is 15.3 Å². The van der Waals surface area contributed by atoms with Gasteiger partial charge in [0.2, 0.25) is 11.8 Å². The predicted octanol–water partition coefficient (Wildman–Crippen LogP) is 5.26. The first-order valence-corrected chi connectivity index (χ1v) is 15.1. The highest BCUT2D eigenvalue weighted by molar-refractivity contribution is 6.20. The van der Waals surface area contributed by atoms with Gasteiger partial charge in [0.25, 0.3) is 0 Å². The van der Waals surface area contributed by atoms with Gasteiger partial charge in [-0.15, -0.1) is 0 Å². The van der Waals surface area contributed by atoms with Crippen molar-refractivity contribution in [2.75, 3.05) is 11.4 Å². The van der Waals surface area contributed by atoms with E-state index >= 15 is 0 Å². The molecule has 2 saturated heterocycles. The van der Waals surface area contributed by atoms with Gasteiger partial charge >= 0.3 is 12.1 Å². The second-order valence-electron chi connectivity index (χ2n) is 12.5. The number of para-hydroxylation sites is 1. The summed E-state index contributed by atoms with van der Waals surface area (Å²) in [4.78, 5) is 60.3. The molecule has 44 heavy (non-hydrogen) atoms. The summed E-state index contributed by atoms with van der Waals surface area (Å²) >= 11 is 0. The number of aromatic amines is 1. The van der Waals surface area contributed by atoms with E-state index in [0.717, 1.165) is 27.2 Å². The Hall–Kier alpha value is -4.86. The maximum atomic E-state index is 13.9. The molecule has 0 spiro atoms. The molecule has 2 fully saturated rings. The van der Waals surface area contributed by atoms with Gasteiger partial charge in [-0.05, 0) is 56.7 Å². The van der Waals surface area contributed by atoms with Crippen molar-refractivity contribution in [2.24, 2.45) is 0 Å². The Bertz CT molecular complexity index is 1740. The molecule has 6 rings (SSSR count). The monoisotopic (exact) mass is 595 g/mol. The lowest BCUT2D eigenvalue weighted by atomic mass is 9.90. The number of piperidine rings is 1. The van der Waals surface area contributed by atoms with Crippen molar-refractivity contribution in [1.82, 2.24) is 20.5 Å². The molecular formula is C34H37N5O5. The smallest absolute Gasteiger partial charge is 0.408 e. The third-order valence-electron chi connectivity index (χ3n) is 8.29. The summed E-state index contributed by atoms with van der Waals surface area (Å²) in [5.41, 5.74) is 1.62. The number of nitrogens with one attached hydrogen (secondary N) is 3. The molecule has 10 nitrogen and oxygen atoms in total. The van der Waals surface area contributed by atoms with Crippen LogP contribution in [-0.2, 0) is 20.7 Å². The first-order chi connectivity index (χ1) is 21.1. The van der Waals surface area contributed by atoms with Crippen molar-refractivity contribution in [3.63, 3.8) is 0 Å². The fourth-order valence-electron chi connectivity index (χ4n) is 6.32. The average Bonchev–Trinajstić information content (AvgIpc) is 3.39. The minimum Gasteiger partial charge on any atom is -0.444 e. The number of hydrogen-bond donors (Lipinski definition) is 3. The number of nitrogens with zero attached hydrogens (tertiary/aromatic N) is 2. The molecule has 5 amide bonds. The van der Waals surface area contributed by atoms with Crippen molar-refractivity contribution >= 4 is 51.3 Å². The van der Waals surface area contributed by atoms with Crippen LogP contribution in [0.25, 0.3) is 21.7 Å². The van der Waals surface area contributed by atoms with E-state index in [9.17, 15) is 19.2 Å². The van der Waals surface area contributed by atoms with Crippen LogP contribution in [-0.4, -0.2) is 64.1 Å². The molecule has 228 valence electrons. The number of imide groups is 1. The molecule has 2 aliphatic rings. The quantitative estimate of drug-likeness (QED) is 0.281. The van der Waals surface area contributed by atoms with Gasteiger partial charge in [-0.25, -0.2) is 14.5 Å². The molecule has 0 radical (unpaired) electrons. The number of carbonyl (C=O) groups excluding carboxylic acids is 4. The third-order valence-corrected chi connectivity index (χ3v) is 8.29. The Kier molecular flexibility index (Phi) is 7.75. The maximum Gasteiger partial charge on any atom is 0.408 e. The zero-order valence-electron chi connectivity index (χ0n) is 25.1. The Morgan fingerprint density at radius 3 is 2.52 bits per heavy atom. The second kappa shape index (κ2) is 11.7. The van der Waals surface area contributed by atoms with Crippen molar-refractivity contribution in [3.8, 4) is 0 Å². The fourth-order valence-corrected chi connectivity index (χ4v) is 6.32. The van der Waals surface area contributed by atoms with Crippen LogP contribution in [0.3, 0.4) is 0 Å². The summed E-state index contributed by atoms with van der Waals surface area (Å²) in [6.07, 6.45) is 2.71. The largest absolute Gasteiger partial charge is 0.444 e. The number of benzene rings is 3. The molecule has 2 aliphatic heterocycles. The molecule has 0 saturated carbocycles. The molecule has 4 aromatic rings. The van der Waals surface area contributed by atoms with Gasteiger partial charge in [0.05, 0.1) is 18.2 Å². The minimum absolute atomic E-state index is 0.0759.